The topological polar surface area (TPSA) is 146 Å². The normalized spacial score (nSPS) is 21.2. The van der Waals surface area contributed by atoms with Crippen molar-refractivity contribution in [1.29, 1.82) is 5.26 Å². The second-order valence-electron chi connectivity index (χ2n) is 10.7. The minimum atomic E-state index is -0.410. The molecule has 11 nitrogen and oxygen atoms in total. The van der Waals surface area contributed by atoms with Gasteiger partial charge in [-0.2, -0.15) is 25.3 Å². The molecule has 1 saturated heterocycles. The van der Waals surface area contributed by atoms with E-state index < -0.39 is 5.91 Å². The van der Waals surface area contributed by atoms with Gasteiger partial charge in [0.2, 0.25) is 11.8 Å². The molecule has 1 aliphatic heterocycles. The largest absolute Gasteiger partial charge is 0.463 e. The molecular weight excluding hydrogens is 482 g/mol. The molecule has 4 heterocycles. The molecule has 2 unspecified atom stereocenters. The number of nitrogens with one attached hydrogen (secondary N) is 2. The monoisotopic (exact) mass is 513 g/mol. The predicted octanol–water partition coefficient (Wildman–Crippen LogP) is 3.42. The quantitative estimate of drug-likeness (QED) is 0.439. The van der Waals surface area contributed by atoms with Crippen LogP contribution in [-0.2, 0) is 0 Å². The molecule has 38 heavy (non-hydrogen) atoms. The number of carbonyl (C=O) groups is 1. The van der Waals surface area contributed by atoms with E-state index in [0.29, 0.717) is 43.2 Å². The Morgan fingerprint density at radius 3 is 2.82 bits per heavy atom. The number of anilines is 1. The zero-order valence-electron chi connectivity index (χ0n) is 21.5. The lowest BCUT2D eigenvalue weighted by molar-refractivity contribution is 0.0952. The Hall–Kier alpha value is -4.07. The Kier molecular flexibility index (Phi) is 6.39. The number of hydrogen-bond donors (Lipinski definition) is 2. The molecule has 0 aromatic carbocycles. The molecule has 0 spiro atoms. The Balaban J connectivity index is 1.18. The number of aromatic nitrogens is 6. The van der Waals surface area contributed by atoms with Gasteiger partial charge < -0.3 is 15.0 Å². The van der Waals surface area contributed by atoms with E-state index >= 15 is 0 Å². The number of nitrogens with zero attached hydrogens (tertiary/aromatic N) is 7. The summed E-state index contributed by atoms with van der Waals surface area (Å²) in [5.41, 5.74) is 3.70. The number of hydrogen-bond acceptors (Lipinski definition) is 9. The number of amides is 1. The lowest BCUT2D eigenvalue weighted by atomic mass is 9.91. The second-order valence-corrected chi connectivity index (χ2v) is 10.7. The first-order chi connectivity index (χ1) is 18.5. The Morgan fingerprint density at radius 2 is 2.08 bits per heavy atom. The summed E-state index contributed by atoms with van der Waals surface area (Å²) in [6.07, 6.45) is 7.47. The Labute approximate surface area is 220 Å². The van der Waals surface area contributed by atoms with Crippen molar-refractivity contribution in [3.8, 4) is 12.1 Å². The molecule has 3 fully saturated rings. The molecule has 11 heteroatoms. The van der Waals surface area contributed by atoms with Crippen molar-refractivity contribution in [3.63, 3.8) is 0 Å². The number of nitriles is 1. The number of rotatable bonds is 9. The van der Waals surface area contributed by atoms with Crippen LogP contribution in [0.2, 0.25) is 0 Å². The van der Waals surface area contributed by atoms with E-state index in [-0.39, 0.29) is 23.7 Å². The fraction of sp³-hybridized carbons (Fsp3) is 0.519. The first-order valence-electron chi connectivity index (χ1n) is 13.3. The highest BCUT2D eigenvalue weighted by Crippen LogP contribution is 2.38. The maximum Gasteiger partial charge on any atom is 0.321 e. The third-order valence-electron chi connectivity index (χ3n) is 7.72. The number of fused-ring (bicyclic) bond motifs is 1. The van der Waals surface area contributed by atoms with Crippen LogP contribution in [0, 0.1) is 36.0 Å². The van der Waals surface area contributed by atoms with E-state index in [4.69, 9.17) is 10.00 Å². The molecule has 2 aliphatic carbocycles. The van der Waals surface area contributed by atoms with E-state index in [2.05, 4.69) is 59.9 Å². The molecule has 0 bridgehead atoms. The van der Waals surface area contributed by atoms with Crippen LogP contribution in [0.1, 0.15) is 66.3 Å². The third kappa shape index (κ3) is 5.16. The minimum absolute atomic E-state index is 0.0120. The summed E-state index contributed by atoms with van der Waals surface area (Å²) in [6, 6.07) is 4.38. The van der Waals surface area contributed by atoms with Crippen LogP contribution >= 0.6 is 0 Å². The smallest absolute Gasteiger partial charge is 0.321 e. The van der Waals surface area contributed by atoms with Gasteiger partial charge in [0, 0.05) is 47.9 Å². The molecule has 3 aromatic heterocycles. The fourth-order valence-electron chi connectivity index (χ4n) is 5.16. The van der Waals surface area contributed by atoms with Gasteiger partial charge in [-0.3, -0.25) is 9.89 Å². The molecule has 1 amide bonds. The highest BCUT2D eigenvalue weighted by molar-refractivity contribution is 5.92. The van der Waals surface area contributed by atoms with E-state index in [9.17, 15) is 4.79 Å². The highest BCUT2D eigenvalue weighted by atomic mass is 16.5. The zero-order chi connectivity index (χ0) is 26.2. The number of aryl methyl sites for hydroxylation is 1. The molecule has 2 N–H and O–H groups in total. The van der Waals surface area contributed by atoms with Gasteiger partial charge in [0.15, 0.2) is 5.65 Å². The van der Waals surface area contributed by atoms with Gasteiger partial charge in [-0.15, -0.1) is 0 Å². The Morgan fingerprint density at radius 1 is 1.26 bits per heavy atom. The number of carbonyl (C=O) groups excluding carboxylic acids is 1. The summed E-state index contributed by atoms with van der Waals surface area (Å²) in [4.78, 5) is 32.8. The lowest BCUT2D eigenvalue weighted by Crippen LogP contribution is -2.35. The minimum Gasteiger partial charge on any atom is -0.463 e. The van der Waals surface area contributed by atoms with Crippen molar-refractivity contribution in [2.75, 3.05) is 24.6 Å². The van der Waals surface area contributed by atoms with Crippen LogP contribution in [0.25, 0.3) is 11.0 Å². The summed E-state index contributed by atoms with van der Waals surface area (Å²) in [5.74, 6) is 1.13. The molecule has 2 atom stereocenters. The van der Waals surface area contributed by atoms with Crippen molar-refractivity contribution in [3.05, 3.63) is 41.6 Å². The number of allylic oxidation sites excluding steroid dienone is 1. The van der Waals surface area contributed by atoms with Gasteiger partial charge >= 0.3 is 6.01 Å². The zero-order valence-corrected chi connectivity index (χ0v) is 21.5. The van der Waals surface area contributed by atoms with E-state index in [0.717, 1.165) is 48.0 Å². The lowest BCUT2D eigenvalue weighted by Gasteiger charge is -2.31. The fourth-order valence-corrected chi connectivity index (χ4v) is 5.16. The van der Waals surface area contributed by atoms with Crippen LogP contribution in [0.4, 0.5) is 5.95 Å². The van der Waals surface area contributed by atoms with Crippen LogP contribution < -0.4 is 15.0 Å². The van der Waals surface area contributed by atoms with Crippen LogP contribution in [0.3, 0.4) is 0 Å². The first kappa shape index (κ1) is 24.3. The van der Waals surface area contributed by atoms with E-state index in [1.165, 1.54) is 12.8 Å². The SMILES string of the molecule is C=C(CC1CC1)NC(=O)c1nc(OCC2CC2C#N)nc(N2CCC(c3[nH]nc4nccc(C)c34)CC2)n1. The van der Waals surface area contributed by atoms with Gasteiger partial charge in [-0.25, -0.2) is 4.98 Å². The molecular formula is C27H31N9O2. The predicted molar refractivity (Wildman–Crippen MR) is 139 cm³/mol. The van der Waals surface area contributed by atoms with Crippen LogP contribution in [0.5, 0.6) is 6.01 Å². The number of aromatic amines is 1. The maximum atomic E-state index is 13.0. The summed E-state index contributed by atoms with van der Waals surface area (Å²) in [7, 11) is 0. The van der Waals surface area contributed by atoms with Crippen molar-refractivity contribution in [2.24, 2.45) is 17.8 Å². The van der Waals surface area contributed by atoms with Crippen molar-refractivity contribution < 1.29 is 9.53 Å². The maximum absolute atomic E-state index is 13.0. The van der Waals surface area contributed by atoms with Gasteiger partial charge in [0.25, 0.3) is 5.91 Å². The molecule has 6 rings (SSSR count). The van der Waals surface area contributed by atoms with Crippen molar-refractivity contribution in [1.82, 2.24) is 35.5 Å². The molecule has 3 aliphatic rings. The third-order valence-corrected chi connectivity index (χ3v) is 7.72. The molecule has 2 saturated carbocycles. The molecule has 196 valence electrons. The van der Waals surface area contributed by atoms with Crippen molar-refractivity contribution >= 4 is 22.9 Å². The Bertz CT molecular complexity index is 1420. The summed E-state index contributed by atoms with van der Waals surface area (Å²) in [6.45, 7) is 7.84. The van der Waals surface area contributed by atoms with Crippen LogP contribution in [0.15, 0.2) is 24.5 Å². The average Bonchev–Trinajstić information content (AvgIpc) is 3.85. The number of H-pyrrole nitrogens is 1. The summed E-state index contributed by atoms with van der Waals surface area (Å²) >= 11 is 0. The van der Waals surface area contributed by atoms with Gasteiger partial charge in [0.05, 0.1) is 18.6 Å². The van der Waals surface area contributed by atoms with Crippen molar-refractivity contribution in [2.45, 2.75) is 51.4 Å². The number of piperidine rings is 1. The van der Waals surface area contributed by atoms with Gasteiger partial charge in [-0.1, -0.05) is 6.58 Å². The van der Waals surface area contributed by atoms with Gasteiger partial charge in [-0.05, 0) is 63.0 Å². The first-order valence-corrected chi connectivity index (χ1v) is 13.3. The second kappa shape index (κ2) is 10.0. The molecule has 3 aromatic rings. The van der Waals surface area contributed by atoms with E-state index in [1.807, 2.05) is 6.07 Å². The van der Waals surface area contributed by atoms with Crippen LogP contribution in [-0.4, -0.2) is 55.7 Å². The molecule has 0 radical (unpaired) electrons. The van der Waals surface area contributed by atoms with E-state index in [1.54, 1.807) is 6.20 Å². The summed E-state index contributed by atoms with van der Waals surface area (Å²) < 4.78 is 5.84. The summed E-state index contributed by atoms with van der Waals surface area (Å²) in [5, 5.41) is 20.7. The average molecular weight is 514 g/mol. The highest BCUT2D eigenvalue weighted by Gasteiger charge is 2.38. The number of pyridine rings is 1. The standard InChI is InChI=1S/C27H31N9O2/c1-15-5-8-29-23-21(15)22(34-35-23)18-6-9-36(10-7-18)26-31-24(25(37)30-16(2)11-17-3-4-17)32-27(33-26)38-14-20-12-19(20)13-28/h5,8,17-20H,2-4,6-7,9-12,14H2,1H3,(H,30,37)(H,29,34,35). The van der Waals surface area contributed by atoms with Gasteiger partial charge in [0.1, 0.15) is 0 Å². The number of ether oxygens (including phenoxy) is 1.